The van der Waals surface area contributed by atoms with Crippen LogP contribution in [0.3, 0.4) is 0 Å². The van der Waals surface area contributed by atoms with Crippen molar-refractivity contribution in [3.05, 3.63) is 60.4 Å². The van der Waals surface area contributed by atoms with E-state index in [9.17, 15) is 8.42 Å². The molecule has 0 aliphatic carbocycles. The predicted octanol–water partition coefficient (Wildman–Crippen LogP) is -1.53. The zero-order valence-corrected chi connectivity index (χ0v) is 15.7. The SMILES string of the molecule is NS(=O)(=O)c1ccc(CC[NH2+]c2ncnc3c2oc2ccccc23)cc1.[Cl-]. The van der Waals surface area contributed by atoms with Crippen LogP contribution in [0.1, 0.15) is 5.56 Å². The number of nitrogens with zero attached hydrogens (tertiary/aromatic N) is 2. The summed E-state index contributed by atoms with van der Waals surface area (Å²) in [5, 5.41) is 8.08. The lowest BCUT2D eigenvalue weighted by Gasteiger charge is -2.03. The largest absolute Gasteiger partial charge is 1.00 e. The van der Waals surface area contributed by atoms with E-state index in [4.69, 9.17) is 9.56 Å². The van der Waals surface area contributed by atoms with E-state index in [0.717, 1.165) is 40.8 Å². The Morgan fingerprint density at radius 3 is 2.52 bits per heavy atom. The van der Waals surface area contributed by atoms with E-state index in [1.165, 1.54) is 18.5 Å². The first-order valence-electron chi connectivity index (χ1n) is 8.09. The van der Waals surface area contributed by atoms with Crippen molar-refractivity contribution >= 4 is 37.9 Å². The molecule has 0 radical (unpaired) electrons. The molecule has 2 aromatic carbocycles. The average Bonchev–Trinajstić information content (AvgIpc) is 3.01. The van der Waals surface area contributed by atoms with Gasteiger partial charge < -0.3 is 16.8 Å². The molecule has 0 atom stereocenters. The van der Waals surface area contributed by atoms with Gasteiger partial charge in [0.25, 0.3) is 5.82 Å². The molecule has 0 fully saturated rings. The fourth-order valence-electron chi connectivity index (χ4n) is 2.91. The molecule has 7 nitrogen and oxygen atoms in total. The van der Waals surface area contributed by atoms with Gasteiger partial charge in [-0.15, -0.1) is 0 Å². The van der Waals surface area contributed by atoms with Crippen LogP contribution in [0.25, 0.3) is 22.1 Å². The molecule has 0 aliphatic rings. The fraction of sp³-hybridized carbons (Fsp3) is 0.111. The molecule has 0 aliphatic heterocycles. The molecule has 4 N–H and O–H groups in total. The van der Waals surface area contributed by atoms with Crippen LogP contribution < -0.4 is 22.9 Å². The van der Waals surface area contributed by atoms with Crippen LogP contribution in [-0.2, 0) is 16.4 Å². The number of furan rings is 1. The average molecular weight is 405 g/mol. The van der Waals surface area contributed by atoms with Crippen LogP contribution in [0.2, 0.25) is 0 Å². The summed E-state index contributed by atoms with van der Waals surface area (Å²) < 4.78 is 28.5. The number of hydrogen-bond donors (Lipinski definition) is 2. The minimum Gasteiger partial charge on any atom is -1.00 e. The van der Waals surface area contributed by atoms with E-state index in [1.54, 1.807) is 12.1 Å². The summed E-state index contributed by atoms with van der Waals surface area (Å²) in [6, 6.07) is 14.3. The van der Waals surface area contributed by atoms with Crippen LogP contribution in [-0.4, -0.2) is 24.9 Å². The Hall–Kier alpha value is -2.52. The molecule has 27 heavy (non-hydrogen) atoms. The molecule has 0 bridgehead atoms. The van der Waals surface area contributed by atoms with E-state index in [1.807, 2.05) is 29.6 Å². The number of sulfonamides is 1. The number of fused-ring (bicyclic) bond motifs is 3. The second kappa shape index (κ2) is 7.61. The smallest absolute Gasteiger partial charge is 0.271 e. The minimum atomic E-state index is -3.66. The quantitative estimate of drug-likeness (QED) is 0.418. The Labute approximate surface area is 162 Å². The molecule has 9 heteroatoms. The first-order valence-corrected chi connectivity index (χ1v) is 9.64. The van der Waals surface area contributed by atoms with Gasteiger partial charge in [-0.1, -0.05) is 24.3 Å². The van der Waals surface area contributed by atoms with Crippen LogP contribution in [0.4, 0.5) is 5.82 Å². The third-order valence-corrected chi connectivity index (χ3v) is 5.14. The molecule has 0 amide bonds. The molecule has 2 heterocycles. The monoisotopic (exact) mass is 404 g/mol. The highest BCUT2D eigenvalue weighted by Gasteiger charge is 2.15. The molecule has 0 unspecified atom stereocenters. The van der Waals surface area contributed by atoms with Crippen molar-refractivity contribution in [1.29, 1.82) is 0 Å². The van der Waals surface area contributed by atoms with Crippen molar-refractivity contribution in [3.63, 3.8) is 0 Å². The summed E-state index contributed by atoms with van der Waals surface area (Å²) in [6.07, 6.45) is 2.29. The highest BCUT2D eigenvalue weighted by Crippen LogP contribution is 2.28. The van der Waals surface area contributed by atoms with Crippen molar-refractivity contribution in [3.8, 4) is 0 Å². The normalized spacial score (nSPS) is 11.6. The lowest BCUT2D eigenvalue weighted by Crippen LogP contribution is -3.00. The first-order chi connectivity index (χ1) is 12.5. The zero-order chi connectivity index (χ0) is 18.1. The molecule has 4 rings (SSSR count). The Morgan fingerprint density at radius 2 is 1.78 bits per heavy atom. The highest BCUT2D eigenvalue weighted by molar-refractivity contribution is 7.89. The van der Waals surface area contributed by atoms with Gasteiger partial charge >= 0.3 is 0 Å². The van der Waals surface area contributed by atoms with Crippen LogP contribution in [0, 0.1) is 0 Å². The lowest BCUT2D eigenvalue weighted by molar-refractivity contribution is -0.573. The van der Waals surface area contributed by atoms with Gasteiger partial charge in [-0.2, -0.15) is 4.98 Å². The number of rotatable bonds is 5. The second-order valence-corrected chi connectivity index (χ2v) is 7.53. The molecule has 4 aromatic rings. The summed E-state index contributed by atoms with van der Waals surface area (Å²) in [5.74, 6) is 0.757. The molecule has 2 aromatic heterocycles. The van der Waals surface area contributed by atoms with Gasteiger partial charge in [0.05, 0.1) is 11.4 Å². The molecule has 0 saturated carbocycles. The standard InChI is InChI=1S/C18H16N4O3S.ClH/c19-26(23,24)13-7-5-12(6-8-13)9-10-20-18-17-16(21-11-22-18)14-3-1-2-4-15(14)25-17;/h1-8,11H,9-10H2,(H2,19,23,24)(H,20,21,22);1H. The van der Waals surface area contributed by atoms with E-state index in [2.05, 4.69) is 9.97 Å². The predicted molar refractivity (Wildman–Crippen MR) is 97.3 cm³/mol. The number of benzene rings is 2. The van der Waals surface area contributed by atoms with Gasteiger partial charge in [0, 0.05) is 11.8 Å². The fourth-order valence-corrected chi connectivity index (χ4v) is 3.42. The summed E-state index contributed by atoms with van der Waals surface area (Å²) in [4.78, 5) is 8.77. The van der Waals surface area contributed by atoms with E-state index >= 15 is 0 Å². The maximum Gasteiger partial charge on any atom is 0.271 e. The van der Waals surface area contributed by atoms with Crippen molar-refractivity contribution in [2.45, 2.75) is 11.3 Å². The number of hydrogen-bond acceptors (Lipinski definition) is 5. The Balaban J connectivity index is 0.00000210. The topological polar surface area (TPSA) is 116 Å². The van der Waals surface area contributed by atoms with Crippen molar-refractivity contribution in [2.24, 2.45) is 5.14 Å². The lowest BCUT2D eigenvalue weighted by atomic mass is 10.1. The highest BCUT2D eigenvalue weighted by atomic mass is 35.5. The summed E-state index contributed by atoms with van der Waals surface area (Å²) in [6.45, 7) is 0.734. The van der Waals surface area contributed by atoms with Crippen molar-refractivity contribution < 1.29 is 30.6 Å². The summed E-state index contributed by atoms with van der Waals surface area (Å²) in [7, 11) is -3.66. The number of halogens is 1. The molecule has 0 saturated heterocycles. The Morgan fingerprint density at radius 1 is 1.04 bits per heavy atom. The van der Waals surface area contributed by atoms with Gasteiger partial charge in [0.15, 0.2) is 0 Å². The molecule has 0 spiro atoms. The van der Waals surface area contributed by atoms with Crippen LogP contribution >= 0.6 is 0 Å². The van der Waals surface area contributed by atoms with Gasteiger partial charge in [-0.05, 0) is 29.8 Å². The number of para-hydroxylation sites is 1. The van der Waals surface area contributed by atoms with E-state index in [-0.39, 0.29) is 17.3 Å². The van der Waals surface area contributed by atoms with Gasteiger partial charge in [-0.25, -0.2) is 18.5 Å². The second-order valence-electron chi connectivity index (χ2n) is 5.97. The third kappa shape index (κ3) is 3.93. The van der Waals surface area contributed by atoms with Crippen LogP contribution in [0.15, 0.2) is 64.2 Å². The Bertz CT molecular complexity index is 1190. The van der Waals surface area contributed by atoms with Crippen LogP contribution in [0.5, 0.6) is 0 Å². The van der Waals surface area contributed by atoms with Crippen molar-refractivity contribution in [1.82, 2.24) is 9.97 Å². The maximum atomic E-state index is 11.3. The number of primary sulfonamides is 1. The zero-order valence-electron chi connectivity index (χ0n) is 14.2. The van der Waals surface area contributed by atoms with Crippen molar-refractivity contribution in [2.75, 3.05) is 6.54 Å². The number of nitrogens with two attached hydrogens (primary N) is 2. The Kier molecular flexibility index (Phi) is 5.43. The summed E-state index contributed by atoms with van der Waals surface area (Å²) >= 11 is 0. The van der Waals surface area contributed by atoms with Gasteiger partial charge in [0.2, 0.25) is 15.6 Å². The molecule has 140 valence electrons. The molecular formula is C18H17ClN4O3S. The van der Waals surface area contributed by atoms with E-state index < -0.39 is 10.0 Å². The maximum absolute atomic E-state index is 11.3. The number of aromatic nitrogens is 2. The minimum absolute atomic E-state index is 0. The van der Waals surface area contributed by atoms with E-state index in [0.29, 0.717) is 5.58 Å². The van der Waals surface area contributed by atoms with Gasteiger partial charge in [-0.3, -0.25) is 5.32 Å². The first kappa shape index (κ1) is 19.2. The van der Waals surface area contributed by atoms with Gasteiger partial charge in [0.1, 0.15) is 17.4 Å². The molecular weight excluding hydrogens is 388 g/mol. The third-order valence-electron chi connectivity index (χ3n) is 4.21. The summed E-state index contributed by atoms with van der Waals surface area (Å²) in [5.41, 5.74) is 3.29. The number of quaternary nitrogens is 1.